The predicted molar refractivity (Wildman–Crippen MR) is 254 cm³/mol. The van der Waals surface area contributed by atoms with Crippen molar-refractivity contribution in [3.8, 4) is 0 Å². The molecule has 2 aromatic rings. The number of benzene rings is 2. The molecule has 0 amide bonds. The van der Waals surface area contributed by atoms with Gasteiger partial charge in [0.25, 0.3) is 0 Å². The highest BCUT2D eigenvalue weighted by atomic mass is 16.7. The van der Waals surface area contributed by atoms with Gasteiger partial charge in [-0.2, -0.15) is 0 Å². The third-order valence-corrected chi connectivity index (χ3v) is 14.5. The van der Waals surface area contributed by atoms with Crippen LogP contribution >= 0.6 is 0 Å². The van der Waals surface area contributed by atoms with Crippen LogP contribution in [0.15, 0.2) is 72.3 Å². The zero-order valence-electron chi connectivity index (χ0n) is 42.6. The van der Waals surface area contributed by atoms with Gasteiger partial charge < -0.3 is 52.6 Å². The molecule has 15 nitrogen and oxygen atoms in total. The minimum atomic E-state index is -1.66. The molecule has 3 heterocycles. The van der Waals surface area contributed by atoms with Gasteiger partial charge in [0.05, 0.1) is 53.1 Å². The van der Waals surface area contributed by atoms with Gasteiger partial charge >= 0.3 is 17.9 Å². The highest BCUT2D eigenvalue weighted by molar-refractivity contribution is 5.96. The molecule has 3 aliphatic rings. The summed E-state index contributed by atoms with van der Waals surface area (Å²) in [5.74, 6) is -4.49. The first kappa shape index (κ1) is 54.9. The number of ether oxygens (including phenoxy) is 9. The van der Waals surface area contributed by atoms with Crippen molar-refractivity contribution < 1.29 is 66.9 Å². The topological polar surface area (TPSA) is 175 Å². The van der Waals surface area contributed by atoms with Crippen molar-refractivity contribution in [2.75, 3.05) is 28.3 Å². The summed E-state index contributed by atoms with van der Waals surface area (Å²) < 4.78 is 58.6. The van der Waals surface area contributed by atoms with E-state index in [4.69, 9.17) is 42.6 Å². The molecule has 0 bridgehead atoms. The fraction of sp³-hybridized carbons (Fsp3) is 0.660. The Labute approximate surface area is 403 Å². The highest BCUT2D eigenvalue weighted by Crippen LogP contribution is 2.42. The maximum absolute atomic E-state index is 14.7. The fourth-order valence-electron chi connectivity index (χ4n) is 10.3. The Balaban J connectivity index is 1.63. The molecular weight excluding hydrogens is 875 g/mol. The van der Waals surface area contributed by atoms with Crippen LogP contribution in [-0.4, -0.2) is 140 Å². The van der Waals surface area contributed by atoms with E-state index < -0.39 is 102 Å². The van der Waals surface area contributed by atoms with Crippen LogP contribution in [0.1, 0.15) is 122 Å². The first-order valence-electron chi connectivity index (χ1n) is 24.1. The van der Waals surface area contributed by atoms with E-state index in [1.54, 1.807) is 83.1 Å². The van der Waals surface area contributed by atoms with Crippen LogP contribution in [0.5, 0.6) is 0 Å². The van der Waals surface area contributed by atoms with Crippen LogP contribution in [0.2, 0.25) is 0 Å². The number of hydrogen-bond acceptors (Lipinski definition) is 15. The molecule has 2 fully saturated rings. The van der Waals surface area contributed by atoms with Crippen LogP contribution < -0.4 is 0 Å². The summed E-state index contributed by atoms with van der Waals surface area (Å²) in [7, 11) is 6.88. The van der Waals surface area contributed by atoms with Crippen LogP contribution in [0.4, 0.5) is 0 Å². The summed E-state index contributed by atoms with van der Waals surface area (Å²) in [4.78, 5) is 58.3. The molecule has 2 saturated heterocycles. The summed E-state index contributed by atoms with van der Waals surface area (Å²) in [6, 6.07) is 17.0. The number of methoxy groups -OCH3 is 2. The van der Waals surface area contributed by atoms with Crippen molar-refractivity contribution in [1.29, 1.82) is 0 Å². The number of nitrogens with zero attached hydrogens (tertiary/aromatic N) is 1. The first-order chi connectivity index (χ1) is 32.0. The summed E-state index contributed by atoms with van der Waals surface area (Å²) in [5.41, 5.74) is -3.04. The van der Waals surface area contributed by atoms with Gasteiger partial charge in [-0.15, -0.1) is 0 Å². The number of ketones is 1. The monoisotopic (exact) mass is 952 g/mol. The number of allylic oxidation sites excluding steroid dienone is 1. The van der Waals surface area contributed by atoms with Gasteiger partial charge in [-0.25, -0.2) is 9.59 Å². The van der Waals surface area contributed by atoms with E-state index in [1.165, 1.54) is 20.3 Å². The third kappa shape index (κ3) is 12.4. The van der Waals surface area contributed by atoms with Crippen molar-refractivity contribution >= 4 is 23.7 Å². The van der Waals surface area contributed by atoms with Gasteiger partial charge in [0, 0.05) is 32.5 Å². The minimum Gasteiger partial charge on any atom is -0.459 e. The molecule has 378 valence electrons. The van der Waals surface area contributed by atoms with Gasteiger partial charge in [-0.1, -0.05) is 64.1 Å². The van der Waals surface area contributed by atoms with Gasteiger partial charge in [0.1, 0.15) is 17.3 Å². The Morgan fingerprint density at radius 3 is 1.87 bits per heavy atom. The molecule has 0 aromatic heterocycles. The molecule has 68 heavy (non-hydrogen) atoms. The number of aliphatic hydroxyl groups is 1. The van der Waals surface area contributed by atoms with Crippen LogP contribution in [-0.2, 0) is 52.2 Å². The molecule has 1 N–H and O–H groups in total. The van der Waals surface area contributed by atoms with Gasteiger partial charge in [-0.3, -0.25) is 9.59 Å². The van der Waals surface area contributed by atoms with Crippen molar-refractivity contribution in [2.24, 2.45) is 17.8 Å². The molecule has 0 unspecified atom stereocenters. The number of cyclic esters (lactones) is 1. The largest absolute Gasteiger partial charge is 0.459 e. The average Bonchev–Trinajstić information content (AvgIpc) is 3.32. The Bertz CT molecular complexity index is 2030. The predicted octanol–water partition coefficient (Wildman–Crippen LogP) is 7.51. The van der Waals surface area contributed by atoms with E-state index in [1.807, 2.05) is 65.7 Å². The Hall–Kier alpha value is -4.06. The van der Waals surface area contributed by atoms with Gasteiger partial charge in [0.2, 0.25) is 0 Å². The average molecular weight is 952 g/mol. The van der Waals surface area contributed by atoms with E-state index in [9.17, 15) is 24.3 Å². The van der Waals surface area contributed by atoms with Gasteiger partial charge in [0.15, 0.2) is 30.6 Å². The van der Waals surface area contributed by atoms with Crippen molar-refractivity contribution in [1.82, 2.24) is 4.90 Å². The number of hydrogen-bond donors (Lipinski definition) is 1. The highest BCUT2D eigenvalue weighted by Gasteiger charge is 2.54. The molecule has 15 heteroatoms. The molecular formula is C53H77NO14. The summed E-state index contributed by atoms with van der Waals surface area (Å²) in [5, 5.41) is 12.1. The minimum absolute atomic E-state index is 0.0761. The second kappa shape index (κ2) is 23.2. The van der Waals surface area contributed by atoms with Crippen LogP contribution in [0.25, 0.3) is 0 Å². The van der Waals surface area contributed by atoms with Crippen LogP contribution in [0, 0.1) is 17.8 Å². The zero-order chi connectivity index (χ0) is 50.3. The number of likely N-dealkylation sites (N-methyl/N-ethyl adjacent to an activating group) is 1. The SMILES string of the molecule is CC[C@H]1OC(=O)[C@H](C)[C@@H](O[C@H]2C[C@@](C)(OC)[C@@H](OC(=O)c3ccccc3)[C@H](C)O2)[C@H](C)[C@@H](O[C@@H]2O[C@H](C)C[C@H](N(C)C)[C@H]2OC(=O)c2ccccc2)[C@@](C)(OC)C[C@@H](C)C(=O)/C(C)=C/[C@@]1(O)CC. The van der Waals surface area contributed by atoms with Crippen molar-refractivity contribution in [3.63, 3.8) is 0 Å². The maximum atomic E-state index is 14.7. The Kier molecular flexibility index (Phi) is 18.8. The van der Waals surface area contributed by atoms with E-state index in [-0.39, 0.29) is 43.6 Å². The molecule has 2 aromatic carbocycles. The summed E-state index contributed by atoms with van der Waals surface area (Å²) in [6.07, 6.45) is -5.56. The molecule has 5 rings (SSSR count). The first-order valence-corrected chi connectivity index (χ1v) is 24.1. The lowest BCUT2D eigenvalue weighted by molar-refractivity contribution is -0.318. The number of Topliss-reactive ketones (excluding diaryl/α,β-unsaturated/α-hetero) is 1. The van der Waals surface area contributed by atoms with Crippen LogP contribution in [0.3, 0.4) is 0 Å². The number of esters is 3. The van der Waals surface area contributed by atoms with Crippen molar-refractivity contribution in [3.05, 3.63) is 83.4 Å². The second-order valence-corrected chi connectivity index (χ2v) is 19.8. The summed E-state index contributed by atoms with van der Waals surface area (Å²) in [6.45, 7) is 18.0. The fourth-order valence-corrected chi connectivity index (χ4v) is 10.3. The molecule has 16 atom stereocenters. The molecule has 0 saturated carbocycles. The zero-order valence-corrected chi connectivity index (χ0v) is 42.6. The lowest BCUT2D eigenvalue weighted by Crippen LogP contribution is -2.61. The van der Waals surface area contributed by atoms with E-state index in [0.29, 0.717) is 23.1 Å². The third-order valence-electron chi connectivity index (χ3n) is 14.5. The van der Waals surface area contributed by atoms with E-state index in [2.05, 4.69) is 0 Å². The smallest absolute Gasteiger partial charge is 0.338 e. The van der Waals surface area contributed by atoms with E-state index in [0.717, 1.165) is 0 Å². The van der Waals surface area contributed by atoms with E-state index >= 15 is 0 Å². The molecule has 3 aliphatic heterocycles. The lowest BCUT2D eigenvalue weighted by atomic mass is 9.76. The number of carbonyl (C=O) groups is 4. The maximum Gasteiger partial charge on any atom is 0.338 e. The summed E-state index contributed by atoms with van der Waals surface area (Å²) >= 11 is 0. The number of rotatable bonds is 13. The Morgan fingerprint density at radius 1 is 0.779 bits per heavy atom. The Morgan fingerprint density at radius 2 is 1.34 bits per heavy atom. The van der Waals surface area contributed by atoms with Gasteiger partial charge in [-0.05, 0) is 117 Å². The molecule has 0 aliphatic carbocycles. The second-order valence-electron chi connectivity index (χ2n) is 19.8. The molecule has 0 spiro atoms. The lowest BCUT2D eigenvalue weighted by Gasteiger charge is -2.50. The standard InChI is InChI=1S/C53H77NO14/c1-15-40-53(59,16-2)29-32(4)42(55)31(3)28-51(9,60-13)45(68-50-44(39(54(11)12)27-33(5)62-50)66-48(57)37-23-19-17-20-24-37)34(6)43(35(7)47(56)64-40)65-41-30-52(10,61-14)46(36(8)63-41)67-49(58)38-25-21-18-22-26-38/h17-26,29,31,33-36,39-41,43-46,50,59H,15-16,27-28,30H2,1-14H3/b32-29+/t31-,33-,34+,35-,36+,39+,40-,41+,43+,44-,45-,46+,50+,51+,52-,53+/m1/s1. The molecule has 0 radical (unpaired) electrons. The quantitative estimate of drug-likeness (QED) is 0.154. The number of carbonyl (C=O) groups excluding carboxylic acids is 4. The normalized spacial score (nSPS) is 38.4. The van der Waals surface area contributed by atoms with Crippen molar-refractivity contribution in [2.45, 2.75) is 179 Å².